The Morgan fingerprint density at radius 2 is 2.11 bits per heavy atom. The quantitative estimate of drug-likeness (QED) is 0.675. The summed E-state index contributed by atoms with van der Waals surface area (Å²) in [5.74, 6) is 1.12. The van der Waals surface area contributed by atoms with Crippen LogP contribution >= 0.6 is 15.9 Å². The Balaban J connectivity index is 2.34. The van der Waals surface area contributed by atoms with Crippen molar-refractivity contribution < 1.29 is 4.74 Å². The number of amidine groups is 1. The van der Waals surface area contributed by atoms with Gasteiger partial charge in [-0.3, -0.25) is 10.4 Å². The molecule has 0 unspecified atom stereocenters. The van der Waals surface area contributed by atoms with Crippen molar-refractivity contribution >= 4 is 21.8 Å². The maximum absolute atomic E-state index is 7.53. The monoisotopic (exact) mass is 305 g/mol. The molecule has 2 rings (SSSR count). The number of aryl methyl sites for hydroxylation is 1. The van der Waals surface area contributed by atoms with Crippen LogP contribution in [0, 0.1) is 12.3 Å². The van der Waals surface area contributed by atoms with Crippen LogP contribution < -0.4 is 10.5 Å². The molecule has 1 aromatic carbocycles. The number of nitrogens with zero attached hydrogens (tertiary/aromatic N) is 1. The van der Waals surface area contributed by atoms with Crippen molar-refractivity contribution in [3.63, 3.8) is 0 Å². The largest absolute Gasteiger partial charge is 0.455 e. The van der Waals surface area contributed by atoms with Gasteiger partial charge in [0, 0.05) is 10.2 Å². The third kappa shape index (κ3) is 2.87. The number of nitrogens with one attached hydrogen (secondary N) is 1. The van der Waals surface area contributed by atoms with Crippen molar-refractivity contribution in [2.75, 3.05) is 0 Å². The lowest BCUT2D eigenvalue weighted by Crippen LogP contribution is -2.12. The minimum atomic E-state index is -0.0358. The van der Waals surface area contributed by atoms with Gasteiger partial charge in [0.15, 0.2) is 0 Å². The van der Waals surface area contributed by atoms with Crippen LogP contribution in [-0.4, -0.2) is 10.8 Å². The van der Waals surface area contributed by atoms with Crippen LogP contribution in [0.3, 0.4) is 0 Å². The summed E-state index contributed by atoms with van der Waals surface area (Å²) in [5.41, 5.74) is 7.00. The van der Waals surface area contributed by atoms with Gasteiger partial charge in [-0.15, -0.1) is 0 Å². The number of nitrogens with two attached hydrogens (primary N) is 1. The number of hydrogen-bond acceptors (Lipinski definition) is 3. The topological polar surface area (TPSA) is 72.0 Å². The number of rotatable bonds is 3. The van der Waals surface area contributed by atoms with E-state index in [-0.39, 0.29) is 5.84 Å². The molecule has 0 spiro atoms. The fraction of sp³-hybridized carbons (Fsp3) is 0.0769. The summed E-state index contributed by atoms with van der Waals surface area (Å²) in [6.45, 7) is 1.91. The summed E-state index contributed by atoms with van der Waals surface area (Å²) in [6.07, 6.45) is 1.64. The molecule has 4 nitrogen and oxygen atoms in total. The van der Waals surface area contributed by atoms with Gasteiger partial charge in [0.2, 0.25) is 0 Å². The maximum atomic E-state index is 7.53. The molecule has 0 saturated heterocycles. The van der Waals surface area contributed by atoms with Gasteiger partial charge < -0.3 is 10.5 Å². The highest BCUT2D eigenvalue weighted by atomic mass is 79.9. The second-order valence-corrected chi connectivity index (χ2v) is 4.71. The zero-order valence-electron chi connectivity index (χ0n) is 9.77. The van der Waals surface area contributed by atoms with Crippen molar-refractivity contribution in [3.8, 4) is 11.5 Å². The predicted molar refractivity (Wildman–Crippen MR) is 74.2 cm³/mol. The Hall–Kier alpha value is -1.88. The van der Waals surface area contributed by atoms with Gasteiger partial charge in [-0.25, -0.2) is 0 Å². The van der Waals surface area contributed by atoms with Crippen LogP contribution in [0.25, 0.3) is 0 Å². The number of nitrogen functional groups attached to an aromatic ring is 1. The van der Waals surface area contributed by atoms with E-state index in [1.807, 2.05) is 25.1 Å². The third-order valence-electron chi connectivity index (χ3n) is 2.34. The van der Waals surface area contributed by atoms with E-state index in [2.05, 4.69) is 20.9 Å². The van der Waals surface area contributed by atoms with Crippen LogP contribution in [0.4, 0.5) is 0 Å². The van der Waals surface area contributed by atoms with Crippen LogP contribution in [-0.2, 0) is 0 Å². The maximum Gasteiger partial charge on any atom is 0.145 e. The Morgan fingerprint density at radius 1 is 1.33 bits per heavy atom. The first-order chi connectivity index (χ1) is 8.56. The smallest absolute Gasteiger partial charge is 0.145 e. The van der Waals surface area contributed by atoms with E-state index in [0.29, 0.717) is 17.1 Å². The molecule has 92 valence electrons. The molecule has 0 aliphatic heterocycles. The molecule has 0 saturated carbocycles. The average molecular weight is 306 g/mol. The van der Waals surface area contributed by atoms with Crippen molar-refractivity contribution in [1.29, 1.82) is 5.41 Å². The molecule has 0 fully saturated rings. The molecule has 2 aromatic rings. The molecule has 18 heavy (non-hydrogen) atoms. The van der Waals surface area contributed by atoms with Crippen molar-refractivity contribution in [1.82, 2.24) is 4.98 Å². The van der Waals surface area contributed by atoms with Gasteiger partial charge in [-0.1, -0.05) is 15.9 Å². The molecule has 0 amide bonds. The predicted octanol–water partition coefficient (Wildman–Crippen LogP) is 3.23. The van der Waals surface area contributed by atoms with Gasteiger partial charge in [0.25, 0.3) is 0 Å². The lowest BCUT2D eigenvalue weighted by Gasteiger charge is -2.10. The summed E-state index contributed by atoms with van der Waals surface area (Å²) in [4.78, 5) is 4.15. The summed E-state index contributed by atoms with van der Waals surface area (Å²) < 4.78 is 6.53. The van der Waals surface area contributed by atoms with Gasteiger partial charge in [-0.05, 0) is 37.3 Å². The minimum absolute atomic E-state index is 0.0358. The molecule has 5 heteroatoms. The fourth-order valence-corrected chi connectivity index (χ4v) is 1.80. The summed E-state index contributed by atoms with van der Waals surface area (Å²) in [6, 6.07) is 9.04. The number of benzene rings is 1. The summed E-state index contributed by atoms with van der Waals surface area (Å²) >= 11 is 3.34. The lowest BCUT2D eigenvalue weighted by molar-refractivity contribution is 0.478. The Morgan fingerprint density at radius 3 is 2.72 bits per heavy atom. The van der Waals surface area contributed by atoms with E-state index in [0.717, 1.165) is 10.2 Å². The molecule has 1 aromatic heterocycles. The third-order valence-corrected chi connectivity index (χ3v) is 2.84. The molecular weight excluding hydrogens is 294 g/mol. The number of pyridine rings is 1. The molecule has 0 atom stereocenters. The average Bonchev–Trinajstić information content (AvgIpc) is 2.34. The highest BCUT2D eigenvalue weighted by Crippen LogP contribution is 2.27. The van der Waals surface area contributed by atoms with Gasteiger partial charge in [-0.2, -0.15) is 0 Å². The first-order valence-corrected chi connectivity index (χ1v) is 6.10. The second-order valence-electron chi connectivity index (χ2n) is 3.79. The van der Waals surface area contributed by atoms with Gasteiger partial charge in [0.05, 0.1) is 11.8 Å². The lowest BCUT2D eigenvalue weighted by atomic mass is 10.2. The van der Waals surface area contributed by atoms with Crippen LogP contribution in [0.1, 0.15) is 11.3 Å². The van der Waals surface area contributed by atoms with E-state index in [9.17, 15) is 0 Å². The van der Waals surface area contributed by atoms with E-state index in [4.69, 9.17) is 15.9 Å². The minimum Gasteiger partial charge on any atom is -0.455 e. The van der Waals surface area contributed by atoms with E-state index >= 15 is 0 Å². The Labute approximate surface area is 113 Å². The number of ether oxygens (including phenoxy) is 1. The first kappa shape index (κ1) is 12.6. The zero-order valence-corrected chi connectivity index (χ0v) is 11.4. The van der Waals surface area contributed by atoms with Crippen LogP contribution in [0.15, 0.2) is 41.0 Å². The van der Waals surface area contributed by atoms with E-state index < -0.39 is 0 Å². The first-order valence-electron chi connectivity index (χ1n) is 5.31. The zero-order chi connectivity index (χ0) is 13.1. The second kappa shape index (κ2) is 5.18. The van der Waals surface area contributed by atoms with Gasteiger partial charge in [0.1, 0.15) is 17.3 Å². The molecule has 1 heterocycles. The summed E-state index contributed by atoms with van der Waals surface area (Å²) in [5, 5.41) is 7.53. The molecule has 0 aliphatic carbocycles. The number of aromatic nitrogens is 1. The van der Waals surface area contributed by atoms with Crippen molar-refractivity contribution in [3.05, 3.63) is 52.3 Å². The van der Waals surface area contributed by atoms with Crippen LogP contribution in [0.5, 0.6) is 11.5 Å². The standard InChI is InChI=1S/C13H12BrN3O/c1-8-2-4-10(7-17-8)18-12-5-3-9(14)6-11(12)13(15)16/h2-7H,1H3,(H3,15,16). The molecule has 3 N–H and O–H groups in total. The fourth-order valence-electron chi connectivity index (χ4n) is 1.44. The molecule has 0 bridgehead atoms. The highest BCUT2D eigenvalue weighted by molar-refractivity contribution is 9.10. The van der Waals surface area contributed by atoms with E-state index in [1.54, 1.807) is 18.3 Å². The molecule has 0 radical (unpaired) electrons. The van der Waals surface area contributed by atoms with Crippen molar-refractivity contribution in [2.45, 2.75) is 6.92 Å². The van der Waals surface area contributed by atoms with E-state index in [1.165, 1.54) is 0 Å². The Bertz CT molecular complexity index is 581. The SMILES string of the molecule is Cc1ccc(Oc2ccc(Br)cc2C(=N)N)cn1. The van der Waals surface area contributed by atoms with Crippen LogP contribution in [0.2, 0.25) is 0 Å². The number of halogens is 1. The summed E-state index contributed by atoms with van der Waals surface area (Å²) in [7, 11) is 0. The molecular formula is C13H12BrN3O. The van der Waals surface area contributed by atoms with Gasteiger partial charge >= 0.3 is 0 Å². The normalized spacial score (nSPS) is 10.1. The molecule has 0 aliphatic rings. The number of hydrogen-bond donors (Lipinski definition) is 2. The van der Waals surface area contributed by atoms with Crippen molar-refractivity contribution in [2.24, 2.45) is 5.73 Å². The Kier molecular flexibility index (Phi) is 3.62. The highest BCUT2D eigenvalue weighted by Gasteiger charge is 2.08.